The molecule has 0 aliphatic heterocycles. The number of carbonyl (C=O) groups excluding carboxylic acids is 1. The first kappa shape index (κ1) is 15.3. The summed E-state index contributed by atoms with van der Waals surface area (Å²) >= 11 is -0.931. The first-order valence-corrected chi connectivity index (χ1v) is 7.96. The van der Waals surface area contributed by atoms with Gasteiger partial charge in [-0.15, -0.1) is 0 Å². The number of benzene rings is 1. The van der Waals surface area contributed by atoms with Crippen molar-refractivity contribution in [3.8, 4) is 0 Å². The molecule has 2 nitrogen and oxygen atoms in total. The van der Waals surface area contributed by atoms with Crippen LogP contribution in [0.4, 0.5) is 0 Å². The summed E-state index contributed by atoms with van der Waals surface area (Å²) in [5.41, 5.74) is 0.510. The minimum Gasteiger partial charge on any atom is -0.611 e. The van der Waals surface area contributed by atoms with Crippen molar-refractivity contribution in [2.75, 3.05) is 5.75 Å². The molecule has 0 N–H and O–H groups in total. The summed E-state index contributed by atoms with van der Waals surface area (Å²) in [5.74, 6) is 0.719. The van der Waals surface area contributed by atoms with E-state index in [1.54, 1.807) is 24.3 Å². The standard InChI is InChI=1S/C15H21O2S/c1-2-3-4-5-6-7-12-18(17)15-10-8-14(13-16)9-11-15/h8-11H,2-7,12H2,1H3. The van der Waals surface area contributed by atoms with Crippen LogP contribution in [0.25, 0.3) is 0 Å². The van der Waals surface area contributed by atoms with Crippen LogP contribution in [0.15, 0.2) is 29.2 Å². The van der Waals surface area contributed by atoms with Gasteiger partial charge in [0.15, 0.2) is 4.90 Å². The van der Waals surface area contributed by atoms with Gasteiger partial charge in [0.1, 0.15) is 5.75 Å². The van der Waals surface area contributed by atoms with Gasteiger partial charge in [0, 0.05) is 5.56 Å². The third-order valence-electron chi connectivity index (χ3n) is 2.92. The summed E-state index contributed by atoms with van der Waals surface area (Å²) in [6.45, 7) is 2.20. The second kappa shape index (κ2) is 9.17. The molecule has 0 amide bonds. The van der Waals surface area contributed by atoms with Crippen molar-refractivity contribution in [1.82, 2.24) is 0 Å². The Bertz CT molecular complexity index is 335. The lowest BCUT2D eigenvalue weighted by Gasteiger charge is -2.10. The highest BCUT2D eigenvalue weighted by molar-refractivity contribution is 7.91. The molecule has 1 aromatic carbocycles. The highest BCUT2D eigenvalue weighted by Crippen LogP contribution is 2.14. The minimum atomic E-state index is -0.931. The monoisotopic (exact) mass is 265 g/mol. The quantitative estimate of drug-likeness (QED) is 0.505. The van der Waals surface area contributed by atoms with Gasteiger partial charge in [-0.1, -0.05) is 32.6 Å². The summed E-state index contributed by atoms with van der Waals surface area (Å²) in [6.07, 6.45) is 9.07. The van der Waals surface area contributed by atoms with Crippen molar-refractivity contribution in [1.29, 1.82) is 0 Å². The van der Waals surface area contributed by atoms with E-state index in [0.29, 0.717) is 5.56 Å². The topological polar surface area (TPSA) is 40.1 Å². The normalized spacial score (nSPS) is 12.3. The molecule has 0 saturated carbocycles. The van der Waals surface area contributed by atoms with Gasteiger partial charge in [0.25, 0.3) is 0 Å². The number of rotatable bonds is 9. The Morgan fingerprint density at radius 3 is 2.28 bits per heavy atom. The average molecular weight is 265 g/mol. The first-order chi connectivity index (χ1) is 8.77. The van der Waals surface area contributed by atoms with E-state index in [0.717, 1.165) is 23.5 Å². The van der Waals surface area contributed by atoms with Gasteiger partial charge in [-0.25, -0.2) is 0 Å². The molecule has 0 spiro atoms. The zero-order chi connectivity index (χ0) is 13.2. The molecule has 0 fully saturated rings. The molecular formula is C15H21O2S. The molecule has 1 unspecified atom stereocenters. The van der Waals surface area contributed by atoms with Crippen LogP contribution < -0.4 is 0 Å². The molecule has 0 bridgehead atoms. The van der Waals surface area contributed by atoms with E-state index in [4.69, 9.17) is 0 Å². The van der Waals surface area contributed by atoms with Gasteiger partial charge < -0.3 is 4.55 Å². The van der Waals surface area contributed by atoms with Crippen LogP contribution in [0.5, 0.6) is 0 Å². The predicted octanol–water partition coefficient (Wildman–Crippen LogP) is 3.61. The van der Waals surface area contributed by atoms with Gasteiger partial charge in [-0.05, 0) is 48.3 Å². The molecule has 18 heavy (non-hydrogen) atoms. The summed E-state index contributed by atoms with van der Waals surface area (Å²) in [7, 11) is 0. The Labute approximate surface area is 113 Å². The third-order valence-corrected chi connectivity index (χ3v) is 4.38. The number of unbranched alkanes of at least 4 members (excludes halogenated alkanes) is 5. The average Bonchev–Trinajstić information content (AvgIpc) is 2.42. The Morgan fingerprint density at radius 1 is 1.06 bits per heavy atom. The van der Waals surface area contributed by atoms with E-state index in [2.05, 4.69) is 6.92 Å². The van der Waals surface area contributed by atoms with Crippen LogP contribution in [0.2, 0.25) is 0 Å². The maximum Gasteiger partial charge on any atom is 0.233 e. The molecule has 1 rings (SSSR count). The number of hydrogen-bond donors (Lipinski definition) is 0. The maximum absolute atomic E-state index is 11.9. The van der Waals surface area contributed by atoms with Crippen molar-refractivity contribution in [2.45, 2.75) is 50.3 Å². The molecule has 0 aliphatic rings. The van der Waals surface area contributed by atoms with E-state index < -0.39 is 11.2 Å². The smallest absolute Gasteiger partial charge is 0.233 e. The fourth-order valence-electron chi connectivity index (χ4n) is 1.81. The Morgan fingerprint density at radius 2 is 1.67 bits per heavy atom. The van der Waals surface area contributed by atoms with Crippen LogP contribution in [0.1, 0.15) is 51.0 Å². The molecule has 1 aromatic rings. The molecule has 0 saturated heterocycles. The lowest BCUT2D eigenvalue weighted by atomic mass is 10.1. The van der Waals surface area contributed by atoms with Crippen molar-refractivity contribution in [3.05, 3.63) is 29.8 Å². The van der Waals surface area contributed by atoms with Crippen molar-refractivity contribution in [3.63, 3.8) is 0 Å². The van der Waals surface area contributed by atoms with Gasteiger partial charge in [0.2, 0.25) is 6.29 Å². The lowest BCUT2D eigenvalue weighted by Crippen LogP contribution is -2.06. The van der Waals surface area contributed by atoms with E-state index in [-0.39, 0.29) is 0 Å². The minimum absolute atomic E-state index is 0.510. The second-order valence-electron chi connectivity index (χ2n) is 4.44. The molecule has 3 heteroatoms. The molecule has 99 valence electrons. The Balaban J connectivity index is 2.23. The van der Waals surface area contributed by atoms with Crippen LogP contribution in [0, 0.1) is 0 Å². The largest absolute Gasteiger partial charge is 0.611 e. The lowest BCUT2D eigenvalue weighted by molar-refractivity contribution is 0.562. The van der Waals surface area contributed by atoms with Crippen molar-refractivity contribution >= 4 is 17.5 Å². The zero-order valence-electron chi connectivity index (χ0n) is 11.0. The zero-order valence-corrected chi connectivity index (χ0v) is 11.8. The van der Waals surface area contributed by atoms with E-state index in [1.165, 1.54) is 25.7 Å². The Hall–Kier alpha value is -0.800. The highest BCUT2D eigenvalue weighted by atomic mass is 32.2. The second-order valence-corrected chi connectivity index (χ2v) is 6.01. The summed E-state index contributed by atoms with van der Waals surface area (Å²) in [5, 5.41) is 0. The van der Waals surface area contributed by atoms with E-state index >= 15 is 0 Å². The van der Waals surface area contributed by atoms with E-state index in [1.807, 2.05) is 6.29 Å². The molecular weight excluding hydrogens is 244 g/mol. The molecule has 0 heterocycles. The first-order valence-electron chi connectivity index (χ1n) is 6.64. The molecule has 0 aromatic heterocycles. The summed E-state index contributed by atoms with van der Waals surface area (Å²) in [6, 6.07) is 6.85. The van der Waals surface area contributed by atoms with Gasteiger partial charge in [-0.2, -0.15) is 0 Å². The van der Waals surface area contributed by atoms with Crippen LogP contribution in [0.3, 0.4) is 0 Å². The summed E-state index contributed by atoms with van der Waals surface area (Å²) < 4.78 is 11.9. The van der Waals surface area contributed by atoms with E-state index in [9.17, 15) is 9.35 Å². The highest BCUT2D eigenvalue weighted by Gasteiger charge is 2.09. The van der Waals surface area contributed by atoms with Gasteiger partial charge in [-0.3, -0.25) is 4.79 Å². The van der Waals surface area contributed by atoms with Crippen LogP contribution in [-0.2, 0) is 16.0 Å². The van der Waals surface area contributed by atoms with Gasteiger partial charge in [0.05, 0.1) is 0 Å². The predicted molar refractivity (Wildman–Crippen MR) is 75.9 cm³/mol. The fraction of sp³-hybridized carbons (Fsp3) is 0.533. The van der Waals surface area contributed by atoms with Gasteiger partial charge >= 0.3 is 0 Å². The van der Waals surface area contributed by atoms with Crippen molar-refractivity contribution < 1.29 is 9.35 Å². The maximum atomic E-state index is 11.9. The fourth-order valence-corrected chi connectivity index (χ4v) is 2.95. The van der Waals surface area contributed by atoms with Crippen molar-refractivity contribution in [2.24, 2.45) is 0 Å². The summed E-state index contributed by atoms with van der Waals surface area (Å²) in [4.78, 5) is 11.2. The SMILES string of the molecule is CCCCCCCC[S+]([O-])c1ccc([C]=O)cc1. The van der Waals surface area contributed by atoms with Crippen LogP contribution in [-0.4, -0.2) is 16.6 Å². The molecule has 1 radical (unpaired) electrons. The third kappa shape index (κ3) is 5.69. The molecule has 1 atom stereocenters. The molecule has 0 aliphatic carbocycles. The number of hydrogen-bond acceptors (Lipinski definition) is 2. The van der Waals surface area contributed by atoms with Crippen LogP contribution >= 0.6 is 0 Å². The Kier molecular flexibility index (Phi) is 7.78.